The lowest BCUT2D eigenvalue weighted by Crippen LogP contribution is -2.44. The van der Waals surface area contributed by atoms with E-state index in [0.29, 0.717) is 36.0 Å². The van der Waals surface area contributed by atoms with Crippen molar-refractivity contribution in [2.45, 2.75) is 18.4 Å². The lowest BCUT2D eigenvalue weighted by Gasteiger charge is -2.36. The molecule has 0 amide bonds. The molecule has 3 heterocycles. The number of anilines is 2. The molecule has 0 saturated carbocycles. The zero-order valence-corrected chi connectivity index (χ0v) is 26.6. The van der Waals surface area contributed by atoms with Gasteiger partial charge in [-0.25, -0.2) is 14.3 Å². The van der Waals surface area contributed by atoms with Crippen LogP contribution in [-0.2, 0) is 4.74 Å². The molecule has 3 aromatic carbocycles. The van der Waals surface area contributed by atoms with Crippen molar-refractivity contribution in [3.8, 4) is 22.8 Å². The summed E-state index contributed by atoms with van der Waals surface area (Å²) in [6, 6.07) is 24.7. The van der Waals surface area contributed by atoms with Crippen LogP contribution < -0.4 is 14.8 Å². The summed E-state index contributed by atoms with van der Waals surface area (Å²) in [4.78, 5) is 18.9. The summed E-state index contributed by atoms with van der Waals surface area (Å²) in [6.07, 6.45) is 1.95. The van der Waals surface area contributed by atoms with Crippen LogP contribution in [0.5, 0.6) is 11.5 Å². The highest BCUT2D eigenvalue weighted by molar-refractivity contribution is 9.10. The number of esters is 1. The summed E-state index contributed by atoms with van der Waals surface area (Å²) in [5.74, 6) is 1.40. The fourth-order valence-electron chi connectivity index (χ4n) is 5.71. The predicted molar refractivity (Wildman–Crippen MR) is 175 cm³/mol. The van der Waals surface area contributed by atoms with Crippen LogP contribution in [0, 0.1) is 0 Å². The number of aromatic nitrogens is 3. The fourth-order valence-corrected chi connectivity index (χ4v) is 5.97. The number of piperidine rings is 1. The van der Waals surface area contributed by atoms with Gasteiger partial charge in [0.25, 0.3) is 0 Å². The lowest BCUT2D eigenvalue weighted by molar-refractivity contribution is 0.0274. The maximum Gasteiger partial charge on any atom is 0.338 e. The van der Waals surface area contributed by atoms with E-state index in [1.165, 1.54) is 0 Å². The number of aliphatic hydroxyl groups excluding tert-OH is 1. The average molecular weight is 673 g/mol. The van der Waals surface area contributed by atoms with Crippen LogP contribution in [0.25, 0.3) is 16.8 Å². The van der Waals surface area contributed by atoms with Gasteiger partial charge >= 0.3 is 5.97 Å². The smallest absolute Gasteiger partial charge is 0.338 e. The number of β-amino-alcohol motifs (C(OH)–C–C–N with tert-alkyl or cyclic N) is 1. The number of methoxy groups -OCH3 is 2. The van der Waals surface area contributed by atoms with E-state index in [4.69, 9.17) is 19.3 Å². The molecule has 1 aliphatic rings. The zero-order valence-electron chi connectivity index (χ0n) is 25.0. The second-order valence-corrected chi connectivity index (χ2v) is 11.7. The Morgan fingerprint density at radius 1 is 1.02 bits per heavy atom. The van der Waals surface area contributed by atoms with Gasteiger partial charge in [-0.3, -0.25) is 4.90 Å². The average Bonchev–Trinajstić information content (AvgIpc) is 3.48. The summed E-state index contributed by atoms with van der Waals surface area (Å²) in [5.41, 5.74) is 4.89. The van der Waals surface area contributed by atoms with Crippen molar-refractivity contribution in [2.24, 2.45) is 0 Å². The second kappa shape index (κ2) is 13.7. The number of carbonyl (C=O) groups excluding carboxylic acids is 1. The molecule has 2 N–H and O–H groups in total. The van der Waals surface area contributed by atoms with Gasteiger partial charge in [0.2, 0.25) is 5.95 Å². The molecule has 2 atom stereocenters. The Labute approximate surface area is 269 Å². The molecule has 0 radical (unpaired) electrons. The Bertz CT molecular complexity index is 1790. The number of para-hydroxylation sites is 1. The number of nitrogens with zero attached hydrogens (tertiary/aromatic N) is 4. The molecule has 2 unspecified atom stereocenters. The number of nitrogens with one attached hydrogen (secondary N) is 1. The van der Waals surface area contributed by atoms with Crippen LogP contribution in [-0.4, -0.2) is 77.1 Å². The van der Waals surface area contributed by atoms with Gasteiger partial charge in [0, 0.05) is 29.0 Å². The highest BCUT2D eigenvalue weighted by Gasteiger charge is 2.29. The molecule has 5 aromatic rings. The van der Waals surface area contributed by atoms with Gasteiger partial charge in [-0.1, -0.05) is 34.1 Å². The largest absolute Gasteiger partial charge is 0.496 e. The van der Waals surface area contributed by atoms with E-state index in [2.05, 4.69) is 31.1 Å². The molecule has 1 aliphatic heterocycles. The minimum absolute atomic E-state index is 0.0506. The molecule has 10 nitrogen and oxygen atoms in total. The maximum atomic E-state index is 12.3. The van der Waals surface area contributed by atoms with Gasteiger partial charge in [0.1, 0.15) is 18.1 Å². The maximum absolute atomic E-state index is 12.3. The summed E-state index contributed by atoms with van der Waals surface area (Å²) < 4.78 is 19.5. The third-order valence-corrected chi connectivity index (χ3v) is 8.60. The van der Waals surface area contributed by atoms with Crippen molar-refractivity contribution < 1.29 is 24.1 Å². The Hall–Kier alpha value is -4.45. The number of fused-ring (bicyclic) bond motifs is 1. The standard InChI is InChI=1S/C34H34BrN5O5/c1-43-31-6-4-3-5-27(31)29-14-12-25-20-36-34(38-40(25)29)37-28-13-9-23(19-32(28)44-2)26-15-16-39(21-30(26)41)17-18-45-33(42)22-7-10-24(35)11-8-22/h3-14,19-20,26,30,41H,15-18,21H2,1-2H3,(H,37,38). The summed E-state index contributed by atoms with van der Waals surface area (Å²) in [7, 11) is 3.27. The number of hydrogen-bond acceptors (Lipinski definition) is 9. The monoisotopic (exact) mass is 671 g/mol. The first-order chi connectivity index (χ1) is 21.9. The number of carbonyl (C=O) groups is 1. The van der Waals surface area contributed by atoms with E-state index in [-0.39, 0.29) is 18.5 Å². The molecule has 45 heavy (non-hydrogen) atoms. The van der Waals surface area contributed by atoms with E-state index >= 15 is 0 Å². The molecule has 1 saturated heterocycles. The van der Waals surface area contributed by atoms with Crippen molar-refractivity contribution in [3.05, 3.63) is 101 Å². The predicted octanol–water partition coefficient (Wildman–Crippen LogP) is 5.93. The number of benzene rings is 3. The molecular formula is C34H34BrN5O5. The highest BCUT2D eigenvalue weighted by Crippen LogP contribution is 2.35. The Morgan fingerprint density at radius 3 is 2.60 bits per heavy atom. The summed E-state index contributed by atoms with van der Waals surface area (Å²) >= 11 is 3.37. The number of likely N-dealkylation sites (tertiary alicyclic amines) is 1. The van der Waals surface area contributed by atoms with Crippen LogP contribution in [0.3, 0.4) is 0 Å². The van der Waals surface area contributed by atoms with Crippen LogP contribution in [0.4, 0.5) is 11.6 Å². The van der Waals surface area contributed by atoms with Crippen LogP contribution in [0.15, 0.2) is 89.5 Å². The van der Waals surface area contributed by atoms with Crippen molar-refractivity contribution in [1.29, 1.82) is 0 Å². The van der Waals surface area contributed by atoms with E-state index in [0.717, 1.165) is 45.5 Å². The normalized spacial score (nSPS) is 16.8. The Kier molecular flexibility index (Phi) is 9.29. The van der Waals surface area contributed by atoms with E-state index in [1.807, 2.05) is 71.2 Å². The molecule has 0 bridgehead atoms. The third kappa shape index (κ3) is 6.80. The van der Waals surface area contributed by atoms with Crippen molar-refractivity contribution in [3.63, 3.8) is 0 Å². The fraction of sp³-hybridized carbons (Fsp3) is 0.265. The van der Waals surface area contributed by atoms with Gasteiger partial charge in [-0.2, -0.15) is 0 Å². The molecule has 11 heteroatoms. The molecule has 232 valence electrons. The van der Waals surface area contributed by atoms with Crippen molar-refractivity contribution in [2.75, 3.05) is 45.8 Å². The third-order valence-electron chi connectivity index (χ3n) is 8.07. The number of ether oxygens (including phenoxy) is 3. The zero-order chi connectivity index (χ0) is 31.3. The highest BCUT2D eigenvalue weighted by atomic mass is 79.9. The number of hydrogen-bond donors (Lipinski definition) is 2. The number of aliphatic hydroxyl groups is 1. The van der Waals surface area contributed by atoms with Gasteiger partial charge in [-0.05, 0) is 79.2 Å². The minimum Gasteiger partial charge on any atom is -0.496 e. The molecule has 1 fully saturated rings. The summed E-state index contributed by atoms with van der Waals surface area (Å²) in [5, 5.41) is 19.1. The molecule has 0 aliphatic carbocycles. The Balaban J connectivity index is 1.10. The van der Waals surface area contributed by atoms with Crippen LogP contribution >= 0.6 is 15.9 Å². The molecular weight excluding hydrogens is 638 g/mol. The molecule has 0 spiro atoms. The van der Waals surface area contributed by atoms with Gasteiger partial charge in [-0.15, -0.1) is 5.10 Å². The molecule has 2 aromatic heterocycles. The van der Waals surface area contributed by atoms with E-state index < -0.39 is 6.10 Å². The SMILES string of the molecule is COc1cc(C2CCN(CCOC(=O)c3ccc(Br)cc3)CC2O)ccc1Nc1ncc2ccc(-c3ccccc3OC)n2n1. The quantitative estimate of drug-likeness (QED) is 0.175. The van der Waals surface area contributed by atoms with Gasteiger partial charge in [0.05, 0.1) is 49.0 Å². The molecule has 6 rings (SSSR count). The number of halogens is 1. The second-order valence-electron chi connectivity index (χ2n) is 10.8. The van der Waals surface area contributed by atoms with Gasteiger partial charge in [0.15, 0.2) is 0 Å². The summed E-state index contributed by atoms with van der Waals surface area (Å²) in [6.45, 7) is 2.08. The topological polar surface area (TPSA) is 110 Å². The van der Waals surface area contributed by atoms with E-state index in [1.54, 1.807) is 32.5 Å². The van der Waals surface area contributed by atoms with Crippen LogP contribution in [0.1, 0.15) is 28.3 Å². The first-order valence-electron chi connectivity index (χ1n) is 14.7. The minimum atomic E-state index is -0.572. The first-order valence-corrected chi connectivity index (χ1v) is 15.5. The van der Waals surface area contributed by atoms with Crippen molar-refractivity contribution >= 4 is 39.1 Å². The first kappa shape index (κ1) is 30.6. The van der Waals surface area contributed by atoms with Crippen LogP contribution in [0.2, 0.25) is 0 Å². The van der Waals surface area contributed by atoms with E-state index in [9.17, 15) is 9.90 Å². The van der Waals surface area contributed by atoms with Crippen molar-refractivity contribution in [1.82, 2.24) is 19.5 Å². The van der Waals surface area contributed by atoms with Gasteiger partial charge < -0.3 is 24.6 Å². The lowest BCUT2D eigenvalue weighted by atomic mass is 9.87. The number of rotatable bonds is 10. The Morgan fingerprint density at radius 2 is 1.82 bits per heavy atom.